The van der Waals surface area contributed by atoms with E-state index in [9.17, 15) is 5.11 Å². The van der Waals surface area contributed by atoms with Crippen molar-refractivity contribution in [1.82, 2.24) is 14.6 Å². The molecule has 0 amide bonds. The topological polar surface area (TPSA) is 53.7 Å². The Morgan fingerprint density at radius 3 is 2.82 bits per heavy atom. The van der Waals surface area contributed by atoms with Gasteiger partial charge in [0.15, 0.2) is 5.65 Å². The van der Waals surface area contributed by atoms with Crippen LogP contribution in [0.3, 0.4) is 0 Å². The van der Waals surface area contributed by atoms with Crippen LogP contribution in [0.15, 0.2) is 42.0 Å². The normalized spacial score (nSPS) is 22.0. The van der Waals surface area contributed by atoms with Gasteiger partial charge in [-0.2, -0.15) is 5.10 Å². The lowest BCUT2D eigenvalue weighted by Crippen LogP contribution is -2.36. The summed E-state index contributed by atoms with van der Waals surface area (Å²) in [6.07, 6.45) is 7.28. The number of hydrogen-bond donors (Lipinski definition) is 1. The highest BCUT2D eigenvalue weighted by molar-refractivity contribution is 7.14. The molecule has 1 aliphatic rings. The van der Waals surface area contributed by atoms with Crippen LogP contribution >= 0.6 is 11.3 Å². The molecule has 0 saturated heterocycles. The minimum absolute atomic E-state index is 0.147. The Hall–Kier alpha value is -1.92. The fraction of sp³-hybridized carbons (Fsp3) is 0.375. The molecule has 4 rings (SSSR count). The smallest absolute Gasteiger partial charge is 0.157 e. The molecule has 114 valence electrons. The number of aromatic nitrogens is 3. The van der Waals surface area contributed by atoms with Gasteiger partial charge in [-0.15, -0.1) is 11.3 Å². The molecule has 1 saturated carbocycles. The van der Waals surface area contributed by atoms with Gasteiger partial charge < -0.3 is 10.0 Å². The summed E-state index contributed by atoms with van der Waals surface area (Å²) in [5, 5.41) is 17.3. The lowest BCUT2D eigenvalue weighted by molar-refractivity contribution is 0.123. The molecule has 1 fully saturated rings. The zero-order valence-electron chi connectivity index (χ0n) is 12.2. The van der Waals surface area contributed by atoms with Crippen molar-refractivity contribution in [2.75, 3.05) is 4.90 Å². The van der Waals surface area contributed by atoms with E-state index in [1.165, 1.54) is 5.00 Å². The molecule has 5 nitrogen and oxygen atoms in total. The van der Waals surface area contributed by atoms with E-state index in [-0.39, 0.29) is 6.10 Å². The van der Waals surface area contributed by atoms with Crippen LogP contribution in [-0.2, 0) is 0 Å². The van der Waals surface area contributed by atoms with Gasteiger partial charge in [-0.25, -0.2) is 9.50 Å². The first-order valence-electron chi connectivity index (χ1n) is 7.62. The maximum absolute atomic E-state index is 9.78. The van der Waals surface area contributed by atoms with Crippen LogP contribution in [-0.4, -0.2) is 31.9 Å². The van der Waals surface area contributed by atoms with Gasteiger partial charge in [0, 0.05) is 18.3 Å². The number of aliphatic hydroxyl groups excluding tert-OH is 1. The molecule has 0 bridgehead atoms. The van der Waals surface area contributed by atoms with Gasteiger partial charge in [-0.05, 0) is 49.3 Å². The minimum Gasteiger partial charge on any atom is -0.393 e. The van der Waals surface area contributed by atoms with E-state index in [2.05, 4.69) is 27.5 Å². The molecule has 6 heteroatoms. The van der Waals surface area contributed by atoms with Crippen LogP contribution in [0.4, 0.5) is 10.8 Å². The highest BCUT2D eigenvalue weighted by atomic mass is 32.1. The Balaban J connectivity index is 1.73. The van der Waals surface area contributed by atoms with Gasteiger partial charge in [0.25, 0.3) is 0 Å². The summed E-state index contributed by atoms with van der Waals surface area (Å²) in [6.45, 7) is 0. The number of anilines is 2. The maximum atomic E-state index is 9.78. The predicted octanol–water partition coefficient (Wildman–Crippen LogP) is 3.23. The molecule has 3 aromatic heterocycles. The monoisotopic (exact) mass is 314 g/mol. The first-order valence-corrected chi connectivity index (χ1v) is 8.50. The third-order valence-corrected chi connectivity index (χ3v) is 5.13. The molecule has 3 aromatic rings. The summed E-state index contributed by atoms with van der Waals surface area (Å²) in [4.78, 5) is 7.08. The average molecular weight is 314 g/mol. The maximum Gasteiger partial charge on any atom is 0.157 e. The zero-order valence-corrected chi connectivity index (χ0v) is 13.0. The van der Waals surface area contributed by atoms with Crippen molar-refractivity contribution in [3.8, 4) is 0 Å². The summed E-state index contributed by atoms with van der Waals surface area (Å²) in [7, 11) is 0. The van der Waals surface area contributed by atoms with Gasteiger partial charge in [0.2, 0.25) is 0 Å². The summed E-state index contributed by atoms with van der Waals surface area (Å²) in [5.74, 6) is 0.955. The van der Waals surface area contributed by atoms with Crippen molar-refractivity contribution in [3.05, 3.63) is 42.0 Å². The first-order chi connectivity index (χ1) is 10.8. The van der Waals surface area contributed by atoms with Gasteiger partial charge in [-0.1, -0.05) is 0 Å². The molecular formula is C16H18N4OS. The number of aliphatic hydroxyl groups is 1. The third kappa shape index (κ3) is 2.48. The van der Waals surface area contributed by atoms with Crippen molar-refractivity contribution >= 4 is 27.8 Å². The second kappa shape index (κ2) is 5.70. The second-order valence-electron chi connectivity index (χ2n) is 5.70. The molecule has 22 heavy (non-hydrogen) atoms. The molecule has 0 aliphatic heterocycles. The fourth-order valence-electron chi connectivity index (χ4n) is 3.14. The quantitative estimate of drug-likeness (QED) is 0.806. The molecule has 1 N–H and O–H groups in total. The molecule has 0 atom stereocenters. The molecule has 0 aromatic carbocycles. The van der Waals surface area contributed by atoms with Crippen LogP contribution in [0, 0.1) is 0 Å². The van der Waals surface area contributed by atoms with Crippen molar-refractivity contribution in [2.24, 2.45) is 0 Å². The largest absolute Gasteiger partial charge is 0.393 e. The Morgan fingerprint density at radius 1 is 1.18 bits per heavy atom. The lowest BCUT2D eigenvalue weighted by atomic mass is 9.92. The Labute approximate surface area is 132 Å². The Morgan fingerprint density at radius 2 is 2.05 bits per heavy atom. The fourth-order valence-corrected chi connectivity index (χ4v) is 3.95. The molecule has 3 heterocycles. The van der Waals surface area contributed by atoms with Crippen molar-refractivity contribution in [2.45, 2.75) is 37.8 Å². The second-order valence-corrected chi connectivity index (χ2v) is 6.63. The van der Waals surface area contributed by atoms with Gasteiger partial charge >= 0.3 is 0 Å². The van der Waals surface area contributed by atoms with Crippen LogP contribution in [0.1, 0.15) is 25.7 Å². The Bertz CT molecular complexity index is 746. The third-order valence-electron chi connectivity index (χ3n) is 4.27. The van der Waals surface area contributed by atoms with Gasteiger partial charge in [0.1, 0.15) is 5.82 Å². The Kier molecular flexibility index (Phi) is 3.56. The molecule has 0 spiro atoms. The van der Waals surface area contributed by atoms with E-state index in [1.807, 2.05) is 18.3 Å². The average Bonchev–Trinajstić information content (AvgIpc) is 3.20. The first kappa shape index (κ1) is 13.7. The van der Waals surface area contributed by atoms with E-state index < -0.39 is 0 Å². The highest BCUT2D eigenvalue weighted by Crippen LogP contribution is 2.35. The number of hydrogen-bond acceptors (Lipinski definition) is 5. The molecular weight excluding hydrogens is 296 g/mol. The summed E-state index contributed by atoms with van der Waals surface area (Å²) in [5.41, 5.74) is 0.856. The van der Waals surface area contributed by atoms with E-state index in [1.54, 1.807) is 22.0 Å². The number of nitrogens with zero attached hydrogens (tertiary/aromatic N) is 4. The predicted molar refractivity (Wildman–Crippen MR) is 87.7 cm³/mol. The summed E-state index contributed by atoms with van der Waals surface area (Å²) in [6, 6.07) is 8.53. The van der Waals surface area contributed by atoms with Crippen LogP contribution < -0.4 is 4.90 Å². The van der Waals surface area contributed by atoms with E-state index in [0.29, 0.717) is 6.04 Å². The summed E-state index contributed by atoms with van der Waals surface area (Å²) >= 11 is 1.73. The van der Waals surface area contributed by atoms with Crippen molar-refractivity contribution < 1.29 is 5.11 Å². The highest BCUT2D eigenvalue weighted by Gasteiger charge is 2.27. The van der Waals surface area contributed by atoms with Gasteiger partial charge in [-0.3, -0.25) is 0 Å². The number of thiophene rings is 1. The van der Waals surface area contributed by atoms with E-state index in [4.69, 9.17) is 4.98 Å². The van der Waals surface area contributed by atoms with Crippen LogP contribution in [0.5, 0.6) is 0 Å². The molecule has 0 unspecified atom stereocenters. The standard InChI is InChI=1S/C16H18N4OS/c21-13-5-3-12(4-6-13)20(16-2-1-11-22-16)15-8-10-19-14(18-15)7-9-17-19/h1-2,7-13,21H,3-6H2. The molecule has 1 aliphatic carbocycles. The van der Waals surface area contributed by atoms with Crippen molar-refractivity contribution in [3.63, 3.8) is 0 Å². The SMILES string of the molecule is OC1CCC(N(c2ccn3nccc3n2)c2cccs2)CC1. The van der Waals surface area contributed by atoms with Crippen LogP contribution in [0.25, 0.3) is 5.65 Å². The molecule has 0 radical (unpaired) electrons. The number of fused-ring (bicyclic) bond motifs is 1. The minimum atomic E-state index is -0.147. The van der Waals surface area contributed by atoms with Gasteiger partial charge in [0.05, 0.1) is 17.3 Å². The summed E-state index contributed by atoms with van der Waals surface area (Å²) < 4.78 is 1.78. The van der Waals surface area contributed by atoms with E-state index >= 15 is 0 Å². The van der Waals surface area contributed by atoms with Crippen LogP contribution in [0.2, 0.25) is 0 Å². The lowest BCUT2D eigenvalue weighted by Gasteiger charge is -2.35. The van der Waals surface area contributed by atoms with E-state index in [0.717, 1.165) is 37.1 Å². The zero-order chi connectivity index (χ0) is 14.9. The number of rotatable bonds is 3. The van der Waals surface area contributed by atoms with Crippen molar-refractivity contribution in [1.29, 1.82) is 0 Å².